The molecule has 2 heteroatoms. The van der Waals surface area contributed by atoms with Crippen LogP contribution < -0.4 is 0 Å². The lowest BCUT2D eigenvalue weighted by molar-refractivity contribution is -0.113. The number of carbonyl (C=O) groups excluding carboxylic acids is 1. The Morgan fingerprint density at radius 1 is 1.38 bits per heavy atom. The van der Waals surface area contributed by atoms with Crippen molar-refractivity contribution in [3.8, 4) is 0 Å². The van der Waals surface area contributed by atoms with Crippen molar-refractivity contribution in [3.05, 3.63) is 40.0 Å². The molecule has 0 saturated carbocycles. The lowest BCUT2D eigenvalue weighted by Gasteiger charge is -2.02. The van der Waals surface area contributed by atoms with E-state index in [1.54, 1.807) is 0 Å². The Labute approximate surface area is 92.0 Å². The highest BCUT2D eigenvalue weighted by Crippen LogP contribution is 2.18. The van der Waals surface area contributed by atoms with Crippen LogP contribution in [-0.2, 0) is 4.79 Å². The Hall–Kier alpha value is -0.640. The molecule has 0 aromatic heterocycles. The molecule has 0 saturated heterocycles. The van der Waals surface area contributed by atoms with Gasteiger partial charge in [-0.3, -0.25) is 4.79 Å². The maximum absolute atomic E-state index is 11.5. The topological polar surface area (TPSA) is 17.1 Å². The molecule has 1 rings (SSSR count). The smallest absolute Gasteiger partial charge is 0.163 e. The lowest BCUT2D eigenvalue weighted by Crippen LogP contribution is -1.98. The van der Waals surface area contributed by atoms with Gasteiger partial charge in [0.1, 0.15) is 0 Å². The zero-order chi connectivity index (χ0) is 9.68. The molecular weight excluding hydrogens is 275 g/mol. The lowest BCUT2D eigenvalue weighted by atomic mass is 10.0. The van der Waals surface area contributed by atoms with Crippen LogP contribution in [0.5, 0.6) is 0 Å². The van der Waals surface area contributed by atoms with Gasteiger partial charge in [0.2, 0.25) is 0 Å². The predicted octanol–water partition coefficient (Wildman–Crippen LogP) is 3.44. The molecule has 0 amide bonds. The first-order valence-electron chi connectivity index (χ1n) is 4.18. The highest BCUT2D eigenvalue weighted by atomic mass is 127. The minimum absolute atomic E-state index is 0.195. The van der Waals surface area contributed by atoms with Gasteiger partial charge in [0, 0.05) is 12.0 Å². The summed E-state index contributed by atoms with van der Waals surface area (Å²) in [5.41, 5.74) is 1.81. The molecule has 1 aromatic carbocycles. The first kappa shape index (κ1) is 10.4. The molecule has 0 heterocycles. The van der Waals surface area contributed by atoms with Crippen molar-refractivity contribution in [3.63, 3.8) is 0 Å². The van der Waals surface area contributed by atoms with Gasteiger partial charge < -0.3 is 0 Å². The summed E-state index contributed by atoms with van der Waals surface area (Å²) in [6.07, 6.45) is 0.559. The highest BCUT2D eigenvalue weighted by Gasteiger charge is 2.07. The molecule has 0 unspecified atom stereocenters. The van der Waals surface area contributed by atoms with Gasteiger partial charge in [0.25, 0.3) is 0 Å². The third-order valence-corrected chi connectivity index (χ3v) is 2.44. The maximum Gasteiger partial charge on any atom is 0.163 e. The Balaban J connectivity index is 3.00. The molecule has 0 N–H and O–H groups in total. The molecule has 1 aromatic rings. The summed E-state index contributed by atoms with van der Waals surface area (Å²) >= 11 is 2.11. The zero-order valence-corrected chi connectivity index (χ0v) is 9.61. The molecule has 0 radical (unpaired) electrons. The van der Waals surface area contributed by atoms with Gasteiger partial charge in [-0.15, -0.1) is 0 Å². The average molecular weight is 286 g/mol. The van der Waals surface area contributed by atoms with E-state index in [9.17, 15) is 4.79 Å². The van der Waals surface area contributed by atoms with Crippen LogP contribution in [0, 0.1) is 0 Å². The molecular formula is C11H11IO. The van der Waals surface area contributed by atoms with Crippen LogP contribution >= 0.6 is 22.6 Å². The van der Waals surface area contributed by atoms with Gasteiger partial charge in [-0.25, -0.2) is 0 Å². The van der Waals surface area contributed by atoms with Gasteiger partial charge in [0.15, 0.2) is 5.78 Å². The minimum Gasteiger partial charge on any atom is -0.294 e. The molecule has 0 bridgehead atoms. The normalized spacial score (nSPS) is 11.4. The van der Waals surface area contributed by atoms with Crippen molar-refractivity contribution in [1.29, 1.82) is 0 Å². The number of allylic oxidation sites excluding steroid dienone is 1. The van der Waals surface area contributed by atoms with Crippen molar-refractivity contribution in [2.45, 2.75) is 13.3 Å². The van der Waals surface area contributed by atoms with Crippen molar-refractivity contribution < 1.29 is 4.79 Å². The molecule has 0 aliphatic carbocycles. The number of ketones is 1. The first-order chi connectivity index (χ1) is 6.29. The minimum atomic E-state index is 0.195. The van der Waals surface area contributed by atoms with Crippen LogP contribution in [0.3, 0.4) is 0 Å². The van der Waals surface area contributed by atoms with E-state index in [2.05, 4.69) is 22.6 Å². The summed E-state index contributed by atoms with van der Waals surface area (Å²) in [7, 11) is 0. The van der Waals surface area contributed by atoms with E-state index in [0.29, 0.717) is 6.42 Å². The molecule has 13 heavy (non-hydrogen) atoms. The molecule has 0 aliphatic rings. The Bertz CT molecular complexity index is 314. The summed E-state index contributed by atoms with van der Waals surface area (Å²) in [6.45, 7) is 1.88. The summed E-state index contributed by atoms with van der Waals surface area (Å²) in [5, 5.41) is 0. The summed E-state index contributed by atoms with van der Waals surface area (Å²) in [4.78, 5) is 11.5. The number of hydrogen-bond donors (Lipinski definition) is 0. The zero-order valence-electron chi connectivity index (χ0n) is 7.46. The summed E-state index contributed by atoms with van der Waals surface area (Å²) in [6, 6.07) is 9.75. The fourth-order valence-electron chi connectivity index (χ4n) is 1.09. The van der Waals surface area contributed by atoms with E-state index in [4.69, 9.17) is 0 Å². The monoisotopic (exact) mass is 286 g/mol. The number of Topliss-reactive ketones (excluding diaryl/α,β-unsaturated/α-hetero) is 1. The van der Waals surface area contributed by atoms with Gasteiger partial charge in [-0.2, -0.15) is 0 Å². The quantitative estimate of drug-likeness (QED) is 0.614. The van der Waals surface area contributed by atoms with Crippen LogP contribution in [0.1, 0.15) is 18.9 Å². The third kappa shape index (κ3) is 2.66. The van der Waals surface area contributed by atoms with Crippen molar-refractivity contribution in [1.82, 2.24) is 0 Å². The Morgan fingerprint density at radius 3 is 2.46 bits per heavy atom. The van der Waals surface area contributed by atoms with E-state index < -0.39 is 0 Å². The van der Waals surface area contributed by atoms with E-state index in [0.717, 1.165) is 11.1 Å². The molecule has 0 atom stereocenters. The fourth-order valence-corrected chi connectivity index (χ4v) is 1.80. The van der Waals surface area contributed by atoms with E-state index >= 15 is 0 Å². The Morgan fingerprint density at radius 2 is 2.00 bits per heavy atom. The molecule has 1 nitrogen and oxygen atoms in total. The molecule has 0 fully saturated rings. The number of rotatable bonds is 3. The van der Waals surface area contributed by atoms with Gasteiger partial charge >= 0.3 is 0 Å². The number of hydrogen-bond acceptors (Lipinski definition) is 1. The van der Waals surface area contributed by atoms with Gasteiger partial charge in [-0.1, -0.05) is 59.8 Å². The average Bonchev–Trinajstić information content (AvgIpc) is 2.20. The SMILES string of the molecule is CCC(=O)/C(=C/I)c1ccccc1. The predicted molar refractivity (Wildman–Crippen MR) is 63.7 cm³/mol. The van der Waals surface area contributed by atoms with Gasteiger partial charge in [0.05, 0.1) is 0 Å². The molecule has 0 aliphatic heterocycles. The maximum atomic E-state index is 11.5. The highest BCUT2D eigenvalue weighted by molar-refractivity contribution is 14.1. The fraction of sp³-hybridized carbons (Fsp3) is 0.182. The number of benzene rings is 1. The number of halogens is 1. The standard InChI is InChI=1S/C11H11IO/c1-2-11(13)10(8-12)9-6-4-3-5-7-9/h3-8H,2H2,1H3/b10-8+. The van der Waals surface area contributed by atoms with Gasteiger partial charge in [-0.05, 0) is 9.65 Å². The summed E-state index contributed by atoms with van der Waals surface area (Å²) < 4.78 is 1.85. The van der Waals surface area contributed by atoms with Crippen LogP contribution in [0.2, 0.25) is 0 Å². The third-order valence-electron chi connectivity index (χ3n) is 1.82. The summed E-state index contributed by atoms with van der Waals surface area (Å²) in [5.74, 6) is 0.195. The van der Waals surface area contributed by atoms with Crippen LogP contribution in [-0.4, -0.2) is 5.78 Å². The van der Waals surface area contributed by atoms with E-state index in [-0.39, 0.29) is 5.78 Å². The van der Waals surface area contributed by atoms with Crippen LogP contribution in [0.25, 0.3) is 5.57 Å². The first-order valence-corrected chi connectivity index (χ1v) is 5.43. The molecule has 0 spiro atoms. The van der Waals surface area contributed by atoms with Crippen LogP contribution in [0.15, 0.2) is 34.4 Å². The van der Waals surface area contributed by atoms with E-state index in [1.165, 1.54) is 0 Å². The largest absolute Gasteiger partial charge is 0.294 e. The Kier molecular flexibility index (Phi) is 4.15. The van der Waals surface area contributed by atoms with E-state index in [1.807, 2.05) is 41.3 Å². The second kappa shape index (κ2) is 5.17. The number of carbonyl (C=O) groups is 1. The van der Waals surface area contributed by atoms with Crippen LogP contribution in [0.4, 0.5) is 0 Å². The van der Waals surface area contributed by atoms with Crippen molar-refractivity contribution >= 4 is 33.9 Å². The molecule has 68 valence electrons. The second-order valence-corrected chi connectivity index (χ2v) is 3.29. The van der Waals surface area contributed by atoms with Crippen molar-refractivity contribution in [2.24, 2.45) is 0 Å². The van der Waals surface area contributed by atoms with Crippen molar-refractivity contribution in [2.75, 3.05) is 0 Å². The second-order valence-electron chi connectivity index (χ2n) is 2.67.